The molecule has 0 unspecified atom stereocenters. The smallest absolute Gasteiger partial charge is 0.339 e. The predicted octanol–water partition coefficient (Wildman–Crippen LogP) is 1.82. The van der Waals surface area contributed by atoms with E-state index in [-0.39, 0.29) is 5.56 Å². The van der Waals surface area contributed by atoms with E-state index in [1.165, 1.54) is 6.20 Å². The van der Waals surface area contributed by atoms with E-state index >= 15 is 0 Å². The van der Waals surface area contributed by atoms with E-state index in [1.54, 1.807) is 17.8 Å². The molecule has 0 amide bonds. The second-order valence-electron chi connectivity index (χ2n) is 4.08. The van der Waals surface area contributed by atoms with Crippen molar-refractivity contribution in [2.75, 3.05) is 0 Å². The molecule has 6 heteroatoms. The third kappa shape index (κ3) is 1.83. The van der Waals surface area contributed by atoms with Gasteiger partial charge in [0.05, 0.1) is 22.3 Å². The number of hydrogen-bond donors (Lipinski definition) is 1. The second kappa shape index (κ2) is 4.16. The number of aryl methyl sites for hydroxylation is 1. The first kappa shape index (κ1) is 11.3. The summed E-state index contributed by atoms with van der Waals surface area (Å²) in [6.07, 6.45) is 2.94. The molecule has 0 radical (unpaired) electrons. The fourth-order valence-electron chi connectivity index (χ4n) is 1.90. The average Bonchev–Trinajstić information content (AvgIpc) is 2.82. The largest absolute Gasteiger partial charge is 0.478 e. The van der Waals surface area contributed by atoms with Crippen LogP contribution in [0.25, 0.3) is 17.0 Å². The topological polar surface area (TPSA) is 80.9 Å². The summed E-state index contributed by atoms with van der Waals surface area (Å²) >= 11 is 0. The van der Waals surface area contributed by atoms with E-state index in [0.717, 1.165) is 11.0 Å². The molecule has 6 nitrogen and oxygen atoms in total. The minimum atomic E-state index is -1.03. The summed E-state index contributed by atoms with van der Waals surface area (Å²) in [5.74, 6) is -0.615. The zero-order chi connectivity index (χ0) is 13.4. The van der Waals surface area contributed by atoms with Crippen molar-refractivity contribution in [2.45, 2.75) is 6.92 Å². The summed E-state index contributed by atoms with van der Waals surface area (Å²) < 4.78 is 1.73. The van der Waals surface area contributed by atoms with Gasteiger partial charge in [0.15, 0.2) is 0 Å². The molecule has 3 aromatic rings. The zero-order valence-electron chi connectivity index (χ0n) is 10.1. The van der Waals surface area contributed by atoms with Crippen LogP contribution in [0, 0.1) is 6.92 Å². The number of imidazole rings is 1. The van der Waals surface area contributed by atoms with Gasteiger partial charge in [-0.15, -0.1) is 0 Å². The summed E-state index contributed by atoms with van der Waals surface area (Å²) in [6.45, 7) is 1.65. The van der Waals surface area contributed by atoms with Crippen LogP contribution in [0.4, 0.5) is 0 Å². The third-order valence-corrected chi connectivity index (χ3v) is 2.87. The highest BCUT2D eigenvalue weighted by Gasteiger charge is 2.12. The van der Waals surface area contributed by atoms with Crippen molar-refractivity contribution in [3.05, 3.63) is 48.0 Å². The highest BCUT2D eigenvalue weighted by Crippen LogP contribution is 2.16. The summed E-state index contributed by atoms with van der Waals surface area (Å²) in [6, 6.07) is 7.61. The molecular formula is C13H10N4O2. The Morgan fingerprint density at radius 2 is 2.05 bits per heavy atom. The van der Waals surface area contributed by atoms with Gasteiger partial charge >= 0.3 is 5.97 Å². The van der Waals surface area contributed by atoms with Crippen molar-refractivity contribution in [1.82, 2.24) is 19.5 Å². The Morgan fingerprint density at radius 3 is 2.79 bits per heavy atom. The Bertz CT molecular complexity index is 779. The Hall–Kier alpha value is -2.76. The first-order chi connectivity index (χ1) is 9.16. The van der Waals surface area contributed by atoms with Gasteiger partial charge in [-0.05, 0) is 19.1 Å². The SMILES string of the molecule is Cc1nc(-n2cnc3ccccc32)ncc1C(=O)O. The zero-order valence-corrected chi connectivity index (χ0v) is 10.1. The maximum atomic E-state index is 10.9. The van der Waals surface area contributed by atoms with Gasteiger partial charge in [0.25, 0.3) is 0 Å². The number of fused-ring (bicyclic) bond motifs is 1. The van der Waals surface area contributed by atoms with E-state index in [4.69, 9.17) is 5.11 Å². The van der Waals surface area contributed by atoms with Gasteiger partial charge in [-0.3, -0.25) is 4.57 Å². The molecule has 0 saturated heterocycles. The molecule has 94 valence electrons. The van der Waals surface area contributed by atoms with Crippen molar-refractivity contribution in [3.8, 4) is 5.95 Å². The van der Waals surface area contributed by atoms with Gasteiger partial charge in [0, 0.05) is 6.20 Å². The summed E-state index contributed by atoms with van der Waals surface area (Å²) in [7, 11) is 0. The number of hydrogen-bond acceptors (Lipinski definition) is 4. The number of para-hydroxylation sites is 2. The number of carboxylic acids is 1. The van der Waals surface area contributed by atoms with Gasteiger partial charge in [0.1, 0.15) is 6.33 Å². The Morgan fingerprint density at radius 1 is 1.26 bits per heavy atom. The van der Waals surface area contributed by atoms with Crippen molar-refractivity contribution < 1.29 is 9.90 Å². The van der Waals surface area contributed by atoms with Crippen molar-refractivity contribution in [2.24, 2.45) is 0 Å². The normalized spacial score (nSPS) is 10.8. The summed E-state index contributed by atoms with van der Waals surface area (Å²) in [5, 5.41) is 8.96. The third-order valence-electron chi connectivity index (χ3n) is 2.87. The van der Waals surface area contributed by atoms with Gasteiger partial charge in [-0.1, -0.05) is 12.1 Å². The number of nitrogens with zero attached hydrogens (tertiary/aromatic N) is 4. The second-order valence-corrected chi connectivity index (χ2v) is 4.08. The van der Waals surface area contributed by atoms with Gasteiger partial charge < -0.3 is 5.11 Å². The number of rotatable bonds is 2. The van der Waals surface area contributed by atoms with Crippen LogP contribution < -0.4 is 0 Å². The maximum Gasteiger partial charge on any atom is 0.339 e. The number of aromatic nitrogens is 4. The average molecular weight is 254 g/mol. The molecule has 0 aliphatic heterocycles. The molecule has 2 heterocycles. The lowest BCUT2D eigenvalue weighted by Gasteiger charge is -2.05. The standard InChI is InChI=1S/C13H10N4O2/c1-8-9(12(18)19)6-14-13(16-8)17-7-15-10-4-2-3-5-11(10)17/h2-7H,1H3,(H,18,19). The highest BCUT2D eigenvalue weighted by molar-refractivity contribution is 5.88. The van der Waals surface area contributed by atoms with E-state index in [9.17, 15) is 4.79 Å². The molecule has 0 aliphatic rings. The molecule has 0 bridgehead atoms. The van der Waals surface area contributed by atoms with Gasteiger partial charge in [0.2, 0.25) is 5.95 Å². The lowest BCUT2D eigenvalue weighted by molar-refractivity contribution is 0.0695. The van der Waals surface area contributed by atoms with E-state index < -0.39 is 5.97 Å². The van der Waals surface area contributed by atoms with Crippen LogP contribution in [-0.2, 0) is 0 Å². The van der Waals surface area contributed by atoms with E-state index in [2.05, 4.69) is 15.0 Å². The summed E-state index contributed by atoms with van der Waals surface area (Å²) in [5.41, 5.74) is 2.25. The molecule has 0 spiro atoms. The number of benzene rings is 1. The van der Waals surface area contributed by atoms with Crippen LogP contribution in [-0.4, -0.2) is 30.6 Å². The number of carboxylic acid groups (broad SMARTS) is 1. The molecule has 0 fully saturated rings. The first-order valence-corrected chi connectivity index (χ1v) is 5.66. The molecule has 0 aliphatic carbocycles. The molecule has 0 saturated carbocycles. The minimum Gasteiger partial charge on any atom is -0.478 e. The van der Waals surface area contributed by atoms with Crippen LogP contribution in [0.1, 0.15) is 16.1 Å². The van der Waals surface area contributed by atoms with Crippen LogP contribution in [0.2, 0.25) is 0 Å². The van der Waals surface area contributed by atoms with Gasteiger partial charge in [-0.25, -0.2) is 19.7 Å². The van der Waals surface area contributed by atoms with Crippen molar-refractivity contribution in [1.29, 1.82) is 0 Å². The van der Waals surface area contributed by atoms with Crippen molar-refractivity contribution in [3.63, 3.8) is 0 Å². The monoisotopic (exact) mass is 254 g/mol. The molecule has 1 N–H and O–H groups in total. The molecule has 2 aromatic heterocycles. The number of aromatic carboxylic acids is 1. The van der Waals surface area contributed by atoms with Crippen LogP contribution in [0.15, 0.2) is 36.8 Å². The molecule has 1 aromatic carbocycles. The van der Waals surface area contributed by atoms with Gasteiger partial charge in [-0.2, -0.15) is 0 Å². The van der Waals surface area contributed by atoms with Crippen LogP contribution >= 0.6 is 0 Å². The molecule has 19 heavy (non-hydrogen) atoms. The summed E-state index contributed by atoms with van der Waals surface area (Å²) in [4.78, 5) is 23.5. The highest BCUT2D eigenvalue weighted by atomic mass is 16.4. The Balaban J connectivity index is 2.17. The van der Waals surface area contributed by atoms with Crippen LogP contribution in [0.3, 0.4) is 0 Å². The van der Waals surface area contributed by atoms with Crippen LogP contribution in [0.5, 0.6) is 0 Å². The fraction of sp³-hybridized carbons (Fsp3) is 0.0769. The first-order valence-electron chi connectivity index (χ1n) is 5.66. The lowest BCUT2D eigenvalue weighted by Crippen LogP contribution is -2.07. The number of carbonyl (C=O) groups is 1. The Labute approximate surface area is 108 Å². The van der Waals surface area contributed by atoms with Crippen molar-refractivity contribution >= 4 is 17.0 Å². The molecule has 0 atom stereocenters. The minimum absolute atomic E-state index is 0.105. The Kier molecular flexibility index (Phi) is 2.49. The molecule has 3 rings (SSSR count). The predicted molar refractivity (Wildman–Crippen MR) is 68.4 cm³/mol. The van der Waals surface area contributed by atoms with E-state index in [1.807, 2.05) is 24.3 Å². The maximum absolute atomic E-state index is 10.9. The van der Waals surface area contributed by atoms with E-state index in [0.29, 0.717) is 11.6 Å². The lowest BCUT2D eigenvalue weighted by atomic mass is 10.2. The molecular weight excluding hydrogens is 244 g/mol. The quantitative estimate of drug-likeness (QED) is 0.754. The fourth-order valence-corrected chi connectivity index (χ4v) is 1.90.